The van der Waals surface area contributed by atoms with Crippen LogP contribution in [-0.4, -0.2) is 17.0 Å². The summed E-state index contributed by atoms with van der Waals surface area (Å²) in [6.07, 6.45) is 1.74. The number of ether oxygens (including phenoxy) is 1. The van der Waals surface area contributed by atoms with Gasteiger partial charge in [0, 0.05) is 11.9 Å². The molecular weight excluding hydrogens is 440 g/mol. The number of nitrogens with zero attached hydrogens (tertiary/aromatic N) is 1. The highest BCUT2D eigenvalue weighted by molar-refractivity contribution is 9.10. The number of thioether (sulfide) groups is 1. The number of hydrogen-bond donors (Lipinski definition) is 1. The van der Waals surface area contributed by atoms with Crippen molar-refractivity contribution in [3.05, 3.63) is 62.4 Å². The number of rotatable bonds is 3. The topological polar surface area (TPSA) is 67.8 Å². The van der Waals surface area contributed by atoms with Crippen LogP contribution in [0.1, 0.15) is 12.5 Å². The third kappa shape index (κ3) is 4.75. The maximum absolute atomic E-state index is 12.1. The number of hydrogen-bond acceptors (Lipinski definition) is 5. The van der Waals surface area contributed by atoms with E-state index in [1.54, 1.807) is 48.5 Å². The van der Waals surface area contributed by atoms with Crippen LogP contribution in [-0.2, 0) is 9.59 Å². The van der Waals surface area contributed by atoms with Crippen LogP contribution in [0.4, 0.5) is 5.69 Å². The molecule has 0 radical (unpaired) electrons. The molecule has 1 amide bonds. The first-order chi connectivity index (χ1) is 12.4. The predicted octanol–water partition coefficient (Wildman–Crippen LogP) is 4.92. The standard InChI is InChI=1S/C18H12BrClN2O3S/c1-10(23)25-15-7-2-11(8-14(15)19)9-16-17(24)22-18(26-16)21-13-5-3-12(20)4-6-13/h2-9H,1H3,(H,21,22,24)/b16-9-. The van der Waals surface area contributed by atoms with E-state index in [0.29, 0.717) is 31.0 Å². The molecule has 1 aliphatic rings. The highest BCUT2D eigenvalue weighted by Crippen LogP contribution is 2.31. The van der Waals surface area contributed by atoms with Crippen LogP contribution in [0.2, 0.25) is 5.02 Å². The molecule has 2 aromatic rings. The van der Waals surface area contributed by atoms with Crippen LogP contribution in [0.25, 0.3) is 6.08 Å². The molecule has 0 unspecified atom stereocenters. The van der Waals surface area contributed by atoms with Gasteiger partial charge >= 0.3 is 5.97 Å². The summed E-state index contributed by atoms with van der Waals surface area (Å²) >= 11 is 10.5. The number of amidine groups is 1. The molecular formula is C18H12BrClN2O3S. The molecule has 1 saturated heterocycles. The molecule has 8 heteroatoms. The number of carbonyl (C=O) groups excluding carboxylic acids is 2. The lowest BCUT2D eigenvalue weighted by Gasteiger charge is -2.04. The van der Waals surface area contributed by atoms with Crippen LogP contribution in [0.3, 0.4) is 0 Å². The van der Waals surface area contributed by atoms with Gasteiger partial charge in [0.1, 0.15) is 5.75 Å². The molecule has 0 bridgehead atoms. The Kier molecular flexibility index (Phi) is 5.80. The fourth-order valence-electron chi connectivity index (χ4n) is 2.11. The van der Waals surface area contributed by atoms with Crippen LogP contribution in [0.15, 0.2) is 56.8 Å². The van der Waals surface area contributed by atoms with E-state index in [4.69, 9.17) is 16.3 Å². The van der Waals surface area contributed by atoms with Gasteiger partial charge in [0.25, 0.3) is 5.91 Å². The number of carbonyl (C=O) groups is 2. The number of benzene rings is 2. The quantitative estimate of drug-likeness (QED) is 0.409. The van der Waals surface area contributed by atoms with Gasteiger partial charge < -0.3 is 10.1 Å². The van der Waals surface area contributed by atoms with Crippen molar-refractivity contribution in [3.8, 4) is 5.75 Å². The van der Waals surface area contributed by atoms with Gasteiger partial charge in [-0.1, -0.05) is 17.7 Å². The van der Waals surface area contributed by atoms with Crippen LogP contribution < -0.4 is 10.1 Å². The molecule has 0 aromatic heterocycles. The van der Waals surface area contributed by atoms with Crippen molar-refractivity contribution in [3.63, 3.8) is 0 Å². The lowest BCUT2D eigenvalue weighted by atomic mass is 10.2. The Morgan fingerprint density at radius 3 is 2.65 bits per heavy atom. The molecule has 1 fully saturated rings. The zero-order valence-corrected chi connectivity index (χ0v) is 16.6. The Labute approximate surface area is 167 Å². The van der Waals surface area contributed by atoms with Crippen molar-refractivity contribution < 1.29 is 14.3 Å². The average molecular weight is 452 g/mol. The lowest BCUT2D eigenvalue weighted by molar-refractivity contribution is -0.131. The molecule has 26 heavy (non-hydrogen) atoms. The van der Waals surface area contributed by atoms with Gasteiger partial charge in [0.2, 0.25) is 0 Å². The predicted molar refractivity (Wildman–Crippen MR) is 108 cm³/mol. The Morgan fingerprint density at radius 1 is 1.27 bits per heavy atom. The molecule has 0 spiro atoms. The second-order valence-electron chi connectivity index (χ2n) is 5.24. The van der Waals surface area contributed by atoms with Crippen LogP contribution >= 0.6 is 39.3 Å². The molecule has 2 aromatic carbocycles. The van der Waals surface area contributed by atoms with Crippen molar-refractivity contribution in [1.82, 2.24) is 5.32 Å². The van der Waals surface area contributed by atoms with E-state index in [-0.39, 0.29) is 5.91 Å². The molecule has 132 valence electrons. The smallest absolute Gasteiger partial charge is 0.308 e. The summed E-state index contributed by atoms with van der Waals surface area (Å²) in [5.74, 6) is -0.193. The highest BCUT2D eigenvalue weighted by Gasteiger charge is 2.23. The first-order valence-corrected chi connectivity index (χ1v) is 9.42. The van der Waals surface area contributed by atoms with Crippen molar-refractivity contribution >= 4 is 68.1 Å². The molecule has 0 atom stereocenters. The second-order valence-corrected chi connectivity index (χ2v) is 7.56. The van der Waals surface area contributed by atoms with Crippen LogP contribution in [0, 0.1) is 0 Å². The minimum atomic E-state index is -0.398. The van der Waals surface area contributed by atoms with E-state index in [1.807, 2.05) is 0 Å². The summed E-state index contributed by atoms with van der Waals surface area (Å²) in [5, 5.41) is 3.86. The SMILES string of the molecule is CC(=O)Oc1ccc(/C=C2\SC(=Nc3ccc(Cl)cc3)NC2=O)cc1Br. The fourth-order valence-corrected chi connectivity index (χ4v) is 3.55. The van der Waals surface area contributed by atoms with E-state index >= 15 is 0 Å². The van der Waals surface area contributed by atoms with Crippen molar-refractivity contribution in [2.45, 2.75) is 6.92 Å². The van der Waals surface area contributed by atoms with Crippen molar-refractivity contribution in [1.29, 1.82) is 0 Å². The fraction of sp³-hybridized carbons (Fsp3) is 0.0556. The number of halogens is 2. The molecule has 3 rings (SSSR count). The Balaban J connectivity index is 1.79. The van der Waals surface area contributed by atoms with Crippen molar-refractivity contribution in [2.24, 2.45) is 4.99 Å². The maximum Gasteiger partial charge on any atom is 0.308 e. The molecule has 0 aliphatic carbocycles. The summed E-state index contributed by atoms with van der Waals surface area (Å²) < 4.78 is 5.69. The molecule has 1 heterocycles. The lowest BCUT2D eigenvalue weighted by Crippen LogP contribution is -2.19. The van der Waals surface area contributed by atoms with Gasteiger partial charge in [-0.25, -0.2) is 4.99 Å². The number of nitrogens with one attached hydrogen (secondary N) is 1. The largest absolute Gasteiger partial charge is 0.426 e. The summed E-state index contributed by atoms with van der Waals surface area (Å²) in [6.45, 7) is 1.34. The summed E-state index contributed by atoms with van der Waals surface area (Å²) in [6, 6.07) is 12.2. The minimum absolute atomic E-state index is 0.220. The Morgan fingerprint density at radius 2 is 2.00 bits per heavy atom. The van der Waals surface area contributed by atoms with E-state index in [9.17, 15) is 9.59 Å². The summed E-state index contributed by atoms with van der Waals surface area (Å²) in [4.78, 5) is 28.1. The van der Waals surface area contributed by atoms with E-state index in [2.05, 4.69) is 26.2 Å². The average Bonchev–Trinajstić information content (AvgIpc) is 2.91. The van der Waals surface area contributed by atoms with Crippen LogP contribution in [0.5, 0.6) is 5.75 Å². The van der Waals surface area contributed by atoms with Gasteiger partial charge in [0.15, 0.2) is 5.17 Å². The number of amides is 1. The van der Waals surface area contributed by atoms with E-state index < -0.39 is 5.97 Å². The zero-order valence-electron chi connectivity index (χ0n) is 13.5. The van der Waals surface area contributed by atoms with Gasteiger partial charge in [-0.3, -0.25) is 9.59 Å². The normalized spacial score (nSPS) is 16.8. The minimum Gasteiger partial charge on any atom is -0.426 e. The first kappa shape index (κ1) is 18.7. The number of esters is 1. The van der Waals surface area contributed by atoms with E-state index in [1.165, 1.54) is 18.7 Å². The second kappa shape index (κ2) is 8.07. The van der Waals surface area contributed by atoms with Crippen molar-refractivity contribution in [2.75, 3.05) is 0 Å². The molecule has 1 aliphatic heterocycles. The number of aliphatic imine (C=N–C) groups is 1. The third-order valence-corrected chi connectivity index (χ3v) is 5.00. The van der Waals surface area contributed by atoms with E-state index in [0.717, 1.165) is 5.56 Å². The van der Waals surface area contributed by atoms with Gasteiger partial charge in [0.05, 0.1) is 15.1 Å². The zero-order chi connectivity index (χ0) is 18.7. The molecule has 0 saturated carbocycles. The van der Waals surface area contributed by atoms with Gasteiger partial charge in [-0.05, 0) is 75.7 Å². The van der Waals surface area contributed by atoms with Gasteiger partial charge in [-0.15, -0.1) is 0 Å². The summed E-state index contributed by atoms with van der Waals surface area (Å²) in [7, 11) is 0. The van der Waals surface area contributed by atoms with Gasteiger partial charge in [-0.2, -0.15) is 0 Å². The molecule has 1 N–H and O–H groups in total. The molecule has 5 nitrogen and oxygen atoms in total. The summed E-state index contributed by atoms with van der Waals surface area (Å²) in [5.41, 5.74) is 1.49. The first-order valence-electron chi connectivity index (χ1n) is 7.44. The highest BCUT2D eigenvalue weighted by atomic mass is 79.9. The Bertz CT molecular complexity index is 942. The Hall–Kier alpha value is -2.09. The monoisotopic (exact) mass is 450 g/mol. The third-order valence-electron chi connectivity index (χ3n) is 3.22. The maximum atomic E-state index is 12.1.